The second-order valence-corrected chi connectivity index (χ2v) is 5.25. The molecule has 0 radical (unpaired) electrons. The quantitative estimate of drug-likeness (QED) is 0.801. The predicted octanol–water partition coefficient (Wildman–Crippen LogP) is 2.99. The highest BCUT2D eigenvalue weighted by Gasteiger charge is 2.47. The van der Waals surface area contributed by atoms with E-state index in [4.69, 9.17) is 11.6 Å². The van der Waals surface area contributed by atoms with Gasteiger partial charge >= 0.3 is 0 Å². The molecule has 0 aliphatic carbocycles. The first kappa shape index (κ1) is 15.8. The lowest BCUT2D eigenvalue weighted by Crippen LogP contribution is -2.45. The van der Waals surface area contributed by atoms with Crippen LogP contribution in [0.5, 0.6) is 0 Å². The molecule has 2 atom stereocenters. The summed E-state index contributed by atoms with van der Waals surface area (Å²) in [5.41, 5.74) is -1.64. The van der Waals surface area contributed by atoms with Crippen molar-refractivity contribution in [2.24, 2.45) is 10.5 Å². The summed E-state index contributed by atoms with van der Waals surface area (Å²) in [4.78, 5) is 16.0. The van der Waals surface area contributed by atoms with Crippen molar-refractivity contribution in [3.8, 4) is 0 Å². The molecule has 114 valence electrons. The molecule has 1 amide bonds. The third kappa shape index (κ3) is 2.88. The van der Waals surface area contributed by atoms with Crippen LogP contribution in [0.15, 0.2) is 23.6 Å². The molecule has 4 nitrogen and oxygen atoms in total. The Balaban J connectivity index is 2.30. The van der Waals surface area contributed by atoms with E-state index >= 15 is 0 Å². The summed E-state index contributed by atoms with van der Waals surface area (Å²) in [5.74, 6) is -2.00. The number of hydrogen-bond acceptors (Lipinski definition) is 3. The molecule has 21 heavy (non-hydrogen) atoms. The monoisotopic (exact) mass is 319 g/mol. The van der Waals surface area contributed by atoms with Gasteiger partial charge in [0.15, 0.2) is 0 Å². The van der Waals surface area contributed by atoms with Crippen molar-refractivity contribution < 1.29 is 18.0 Å². The fourth-order valence-corrected chi connectivity index (χ4v) is 2.20. The maximum absolute atomic E-state index is 13.2. The van der Waals surface area contributed by atoms with Gasteiger partial charge in [-0.25, -0.2) is 18.2 Å². The molecule has 0 bridgehead atoms. The standard InChI is InChI=1S/C13H13ClF3N3O/c1-13(7-14,11(16)17)12(21)20-10(2-3-19-20)8-4-9(15)6-18-5-8/h3-6,10-11H,2,7H2,1H3. The molecule has 2 unspecified atom stereocenters. The zero-order chi connectivity index (χ0) is 15.6. The molecule has 0 fully saturated rings. The second-order valence-electron chi connectivity index (χ2n) is 4.99. The number of carbonyl (C=O) groups is 1. The molecule has 0 N–H and O–H groups in total. The number of aromatic nitrogens is 1. The van der Waals surface area contributed by atoms with E-state index in [-0.39, 0.29) is 0 Å². The summed E-state index contributed by atoms with van der Waals surface area (Å²) < 4.78 is 39.5. The van der Waals surface area contributed by atoms with E-state index in [1.807, 2.05) is 0 Å². The molecule has 0 aromatic carbocycles. The molecule has 8 heteroatoms. The minimum absolute atomic E-state index is 0.304. The van der Waals surface area contributed by atoms with Crippen LogP contribution in [-0.4, -0.2) is 34.4 Å². The highest BCUT2D eigenvalue weighted by atomic mass is 35.5. The van der Waals surface area contributed by atoms with Gasteiger partial charge in [0.2, 0.25) is 0 Å². The van der Waals surface area contributed by atoms with E-state index in [1.165, 1.54) is 18.5 Å². The van der Waals surface area contributed by atoms with Crippen molar-refractivity contribution in [1.82, 2.24) is 9.99 Å². The van der Waals surface area contributed by atoms with E-state index in [0.717, 1.165) is 18.1 Å². The number of halogens is 4. The zero-order valence-corrected chi connectivity index (χ0v) is 11.9. The third-order valence-corrected chi connectivity index (χ3v) is 3.95. The highest BCUT2D eigenvalue weighted by molar-refractivity contribution is 6.20. The predicted molar refractivity (Wildman–Crippen MR) is 71.7 cm³/mol. The molecular formula is C13H13ClF3N3O. The maximum Gasteiger partial charge on any atom is 0.256 e. The van der Waals surface area contributed by atoms with Gasteiger partial charge in [-0.05, 0) is 18.6 Å². The number of alkyl halides is 3. The van der Waals surface area contributed by atoms with Gasteiger partial charge in [-0.3, -0.25) is 9.78 Å². The van der Waals surface area contributed by atoms with Gasteiger partial charge in [-0.15, -0.1) is 11.6 Å². The smallest absolute Gasteiger partial charge is 0.256 e. The van der Waals surface area contributed by atoms with Gasteiger partial charge in [0.25, 0.3) is 12.3 Å². The van der Waals surface area contributed by atoms with Crippen LogP contribution >= 0.6 is 11.6 Å². The Morgan fingerprint density at radius 3 is 2.86 bits per heavy atom. The number of pyridine rings is 1. The van der Waals surface area contributed by atoms with E-state index in [9.17, 15) is 18.0 Å². The van der Waals surface area contributed by atoms with Crippen LogP contribution in [0.25, 0.3) is 0 Å². The molecule has 2 heterocycles. The average molecular weight is 320 g/mol. The Morgan fingerprint density at radius 1 is 1.57 bits per heavy atom. The van der Waals surface area contributed by atoms with E-state index < -0.39 is 35.5 Å². The lowest BCUT2D eigenvalue weighted by molar-refractivity contribution is -0.150. The molecule has 1 aliphatic heterocycles. The molecule has 0 spiro atoms. The van der Waals surface area contributed by atoms with Crippen LogP contribution in [0.1, 0.15) is 24.9 Å². The lowest BCUT2D eigenvalue weighted by atomic mass is 9.91. The largest absolute Gasteiger partial charge is 0.272 e. The highest BCUT2D eigenvalue weighted by Crippen LogP contribution is 2.36. The van der Waals surface area contributed by atoms with Gasteiger partial charge in [0, 0.05) is 24.7 Å². The molecular weight excluding hydrogens is 307 g/mol. The van der Waals surface area contributed by atoms with Crippen molar-refractivity contribution in [1.29, 1.82) is 0 Å². The summed E-state index contributed by atoms with van der Waals surface area (Å²) in [5, 5.41) is 4.77. The lowest BCUT2D eigenvalue weighted by Gasteiger charge is -2.31. The van der Waals surface area contributed by atoms with Gasteiger partial charge in [-0.2, -0.15) is 5.10 Å². The summed E-state index contributed by atoms with van der Waals surface area (Å²) in [6.45, 7) is 1.09. The SMILES string of the molecule is CC(CCl)(C(=O)N1N=CCC1c1cncc(F)c1)C(F)F. The van der Waals surface area contributed by atoms with Crippen LogP contribution < -0.4 is 0 Å². The number of rotatable bonds is 4. The average Bonchev–Trinajstić information content (AvgIpc) is 2.94. The summed E-state index contributed by atoms with van der Waals surface area (Å²) in [6, 6.07) is 0.550. The topological polar surface area (TPSA) is 45.6 Å². The van der Waals surface area contributed by atoms with Crippen molar-refractivity contribution in [2.45, 2.75) is 25.8 Å². The minimum atomic E-state index is -2.93. The number of hydrogen-bond donors (Lipinski definition) is 0. The summed E-state index contributed by atoms with van der Waals surface area (Å²) in [6.07, 6.45) is 1.20. The van der Waals surface area contributed by atoms with Crippen LogP contribution in [0.2, 0.25) is 0 Å². The van der Waals surface area contributed by atoms with Gasteiger partial charge < -0.3 is 0 Å². The Kier molecular flexibility index (Phi) is 4.51. The summed E-state index contributed by atoms with van der Waals surface area (Å²) >= 11 is 5.54. The second kappa shape index (κ2) is 6.01. The molecule has 0 saturated heterocycles. The van der Waals surface area contributed by atoms with Gasteiger partial charge in [0.05, 0.1) is 12.2 Å². The normalized spacial score (nSPS) is 20.9. The third-order valence-electron chi connectivity index (χ3n) is 3.40. The first-order valence-corrected chi connectivity index (χ1v) is 6.74. The fraction of sp³-hybridized carbons (Fsp3) is 0.462. The van der Waals surface area contributed by atoms with Gasteiger partial charge in [0.1, 0.15) is 11.2 Å². The van der Waals surface area contributed by atoms with Crippen LogP contribution in [-0.2, 0) is 4.79 Å². The van der Waals surface area contributed by atoms with Crippen molar-refractivity contribution in [2.75, 3.05) is 5.88 Å². The van der Waals surface area contributed by atoms with E-state index in [0.29, 0.717) is 12.0 Å². The van der Waals surface area contributed by atoms with Crippen LogP contribution in [0, 0.1) is 11.2 Å². The zero-order valence-electron chi connectivity index (χ0n) is 11.1. The van der Waals surface area contributed by atoms with Crippen molar-refractivity contribution in [3.05, 3.63) is 29.8 Å². The first-order valence-electron chi connectivity index (χ1n) is 6.21. The minimum Gasteiger partial charge on any atom is -0.272 e. The maximum atomic E-state index is 13.2. The van der Waals surface area contributed by atoms with E-state index in [1.54, 1.807) is 0 Å². The number of amides is 1. The number of carbonyl (C=O) groups excluding carboxylic acids is 1. The van der Waals surface area contributed by atoms with Crippen molar-refractivity contribution >= 4 is 23.7 Å². The Hall–Kier alpha value is -1.63. The van der Waals surface area contributed by atoms with E-state index in [2.05, 4.69) is 10.1 Å². The number of nitrogens with zero attached hydrogens (tertiary/aromatic N) is 3. The molecule has 1 aromatic heterocycles. The summed E-state index contributed by atoms with van der Waals surface area (Å²) in [7, 11) is 0. The molecule has 2 rings (SSSR count). The van der Waals surface area contributed by atoms with Crippen LogP contribution in [0.3, 0.4) is 0 Å². The Morgan fingerprint density at radius 2 is 2.29 bits per heavy atom. The van der Waals surface area contributed by atoms with Crippen molar-refractivity contribution in [3.63, 3.8) is 0 Å². The Bertz CT molecular complexity index is 569. The first-order chi connectivity index (χ1) is 9.90. The molecule has 0 saturated carbocycles. The molecule has 1 aromatic rings. The number of hydrazone groups is 1. The molecule has 1 aliphatic rings. The Labute approximate surface area is 124 Å². The fourth-order valence-electron chi connectivity index (χ4n) is 1.97. The van der Waals surface area contributed by atoms with Crippen LogP contribution in [0.4, 0.5) is 13.2 Å². The van der Waals surface area contributed by atoms with Gasteiger partial charge in [-0.1, -0.05) is 0 Å².